The van der Waals surface area contributed by atoms with Crippen LogP contribution in [0.5, 0.6) is 5.75 Å². The number of aliphatic carboxylic acids is 1. The fourth-order valence-electron chi connectivity index (χ4n) is 5.12. The predicted octanol–water partition coefficient (Wildman–Crippen LogP) is 2.77. The largest absolute Gasteiger partial charge is 2.00 e. The van der Waals surface area contributed by atoms with Gasteiger partial charge in [-0.05, 0) is 32.4 Å². The average Bonchev–Trinajstić information content (AvgIpc) is 3.58. The van der Waals surface area contributed by atoms with Crippen molar-refractivity contribution in [2.24, 2.45) is 15.4 Å². The Morgan fingerprint density at radius 2 is 2.03 bits per heavy atom. The molecule has 0 aliphatic carbocycles. The van der Waals surface area contributed by atoms with E-state index in [1.165, 1.54) is 11.8 Å². The van der Waals surface area contributed by atoms with Gasteiger partial charge in [0.1, 0.15) is 5.54 Å². The van der Waals surface area contributed by atoms with Crippen LogP contribution < -0.4 is 10.2 Å². The number of thioether (sulfide) groups is 3. The van der Waals surface area contributed by atoms with Crippen molar-refractivity contribution in [3.8, 4) is 5.75 Å². The SMILES string of the molecule is CCCCCc1cccc([O-])c1C1=N[C@@H]([C@H]2SC[C@@H]([C@@H](O)C(C)(C)C3=N[C@@](C)(C(=O)[O-])CS3)N2C)CS1.[Cu+2]. The standard InChI is InChI=1S/C27H39N3O4S3.Cu/c1-6-7-8-10-16-11-9-12-19(31)20(16)22-28-17(13-35-22)23-30(5)18(14-36-23)21(32)26(2,3)24-29-27(4,15-37-24)25(33)34;/h9,11-12,17-18,21,23,31-32H,6-8,10,13-15H2,1-5H3,(H,33,34);/q;+2/p-2/t17-,18+,21-,23-,27-;/m1./s1. The zero-order valence-electron chi connectivity index (χ0n) is 22.5. The van der Waals surface area contributed by atoms with Crippen LogP contribution in [0.15, 0.2) is 28.2 Å². The number of likely N-dealkylation sites (N-methyl/N-ethyl adjacent to an activating group) is 1. The number of nitrogens with zero attached hydrogens (tertiary/aromatic N) is 3. The Morgan fingerprint density at radius 1 is 1.29 bits per heavy atom. The minimum Gasteiger partial charge on any atom is -0.872 e. The number of rotatable bonds is 10. The van der Waals surface area contributed by atoms with Crippen LogP contribution in [0.4, 0.5) is 0 Å². The summed E-state index contributed by atoms with van der Waals surface area (Å²) in [6, 6.07) is 5.45. The number of aryl methyl sites for hydroxylation is 1. The Kier molecular flexibility index (Phi) is 10.8. The van der Waals surface area contributed by atoms with E-state index >= 15 is 0 Å². The van der Waals surface area contributed by atoms with E-state index < -0.39 is 23.0 Å². The summed E-state index contributed by atoms with van der Waals surface area (Å²) >= 11 is 4.84. The summed E-state index contributed by atoms with van der Waals surface area (Å²) in [7, 11) is 2.03. The first-order chi connectivity index (χ1) is 17.5. The molecule has 3 aliphatic rings. The fraction of sp³-hybridized carbons (Fsp3) is 0.667. The van der Waals surface area contributed by atoms with E-state index in [1.807, 2.05) is 27.0 Å². The summed E-state index contributed by atoms with van der Waals surface area (Å²) in [4.78, 5) is 23.3. The molecule has 1 aromatic rings. The predicted molar refractivity (Wildman–Crippen MR) is 153 cm³/mol. The Morgan fingerprint density at radius 3 is 2.68 bits per heavy atom. The van der Waals surface area contributed by atoms with Crippen molar-refractivity contribution in [1.29, 1.82) is 0 Å². The van der Waals surface area contributed by atoms with E-state index in [-0.39, 0.29) is 40.3 Å². The quantitative estimate of drug-likeness (QED) is 0.312. The van der Waals surface area contributed by atoms with Crippen molar-refractivity contribution in [1.82, 2.24) is 4.90 Å². The van der Waals surface area contributed by atoms with E-state index in [2.05, 4.69) is 22.9 Å². The molecule has 213 valence electrons. The summed E-state index contributed by atoms with van der Waals surface area (Å²) in [6.45, 7) is 7.62. The zero-order valence-corrected chi connectivity index (χ0v) is 25.9. The van der Waals surface area contributed by atoms with Gasteiger partial charge in [-0.2, -0.15) is 0 Å². The second kappa shape index (κ2) is 12.9. The van der Waals surface area contributed by atoms with Gasteiger partial charge in [-0.1, -0.05) is 57.6 Å². The van der Waals surface area contributed by atoms with Gasteiger partial charge in [0.05, 0.1) is 33.6 Å². The fourth-order valence-corrected chi connectivity index (χ4v) is 9.36. The number of carbonyl (C=O) groups is 1. The van der Waals surface area contributed by atoms with Crippen LogP contribution in [0, 0.1) is 5.41 Å². The van der Waals surface area contributed by atoms with Crippen molar-refractivity contribution >= 4 is 51.3 Å². The molecule has 5 atom stereocenters. The molecule has 0 unspecified atom stereocenters. The summed E-state index contributed by atoms with van der Waals surface area (Å²) in [6.07, 6.45) is 3.52. The third-order valence-corrected chi connectivity index (χ3v) is 11.9. The van der Waals surface area contributed by atoms with E-state index in [4.69, 9.17) is 4.99 Å². The molecule has 1 N–H and O–H groups in total. The van der Waals surface area contributed by atoms with Crippen molar-refractivity contribution in [2.45, 2.75) is 82.5 Å². The van der Waals surface area contributed by atoms with Gasteiger partial charge in [0.25, 0.3) is 0 Å². The molecule has 1 fully saturated rings. The number of carbonyl (C=O) groups excluding carboxylic acids is 1. The van der Waals surface area contributed by atoms with Crippen LogP contribution in [0.3, 0.4) is 0 Å². The maximum absolute atomic E-state index is 12.8. The Hall–Kier alpha value is -0.681. The number of carboxylic acid groups (broad SMARTS) is 1. The van der Waals surface area contributed by atoms with Crippen molar-refractivity contribution < 1.29 is 37.2 Å². The second-order valence-corrected chi connectivity index (χ2v) is 14.1. The maximum atomic E-state index is 12.8. The molecule has 1 saturated heterocycles. The molecule has 11 heteroatoms. The van der Waals surface area contributed by atoms with Crippen molar-refractivity contribution in [3.63, 3.8) is 0 Å². The number of hydrogen-bond acceptors (Lipinski definition) is 10. The molecule has 7 nitrogen and oxygen atoms in total. The number of hydrogen-bond donors (Lipinski definition) is 1. The Labute approximate surface area is 249 Å². The van der Waals surface area contributed by atoms with E-state index in [0.717, 1.165) is 53.4 Å². The van der Waals surface area contributed by atoms with Crippen molar-refractivity contribution in [2.75, 3.05) is 24.3 Å². The average molecular weight is 627 g/mol. The van der Waals surface area contributed by atoms with Gasteiger partial charge in [0.15, 0.2) is 0 Å². The summed E-state index contributed by atoms with van der Waals surface area (Å²) in [5.74, 6) is 0.723. The number of unbranched alkanes of at least 4 members (excludes halogenated alkanes) is 2. The Bertz CT molecular complexity index is 1090. The van der Waals surface area contributed by atoms with Crippen molar-refractivity contribution in [3.05, 3.63) is 29.3 Å². The van der Waals surface area contributed by atoms with Gasteiger partial charge < -0.3 is 20.1 Å². The molecule has 38 heavy (non-hydrogen) atoms. The van der Waals surface area contributed by atoms with Crippen LogP contribution in [0.2, 0.25) is 0 Å². The van der Waals surface area contributed by atoms with Gasteiger partial charge in [-0.3, -0.25) is 14.9 Å². The minimum absolute atomic E-state index is 0. The summed E-state index contributed by atoms with van der Waals surface area (Å²) < 4.78 is 0. The molecule has 0 spiro atoms. The number of aliphatic hydroxyl groups excluding tert-OH is 1. The second-order valence-electron chi connectivity index (χ2n) is 11.0. The minimum atomic E-state index is -1.25. The van der Waals surface area contributed by atoms with Crippen LogP contribution in [-0.2, 0) is 28.3 Å². The van der Waals surface area contributed by atoms with Crippen LogP contribution in [0.25, 0.3) is 0 Å². The Balaban J connectivity index is 0.00000400. The molecular weight excluding hydrogens is 590 g/mol. The van der Waals surface area contributed by atoms with Gasteiger partial charge in [0, 0.05) is 34.3 Å². The van der Waals surface area contributed by atoms with Crippen LogP contribution in [-0.4, -0.2) is 79.5 Å². The normalized spacial score (nSPS) is 28.6. The summed E-state index contributed by atoms with van der Waals surface area (Å²) in [5, 5.41) is 37.5. The molecule has 0 amide bonds. The van der Waals surface area contributed by atoms with E-state index in [9.17, 15) is 20.1 Å². The molecule has 0 bridgehead atoms. The molecule has 1 radical (unpaired) electrons. The molecule has 3 heterocycles. The van der Waals surface area contributed by atoms with E-state index in [1.54, 1.807) is 36.5 Å². The van der Waals surface area contributed by atoms with Crippen LogP contribution in [0.1, 0.15) is 58.1 Å². The third-order valence-electron chi connectivity index (χ3n) is 7.67. The number of aliphatic imine (C=N–C) groups is 2. The molecule has 3 aliphatic heterocycles. The monoisotopic (exact) mass is 626 g/mol. The molecule has 0 saturated carbocycles. The first-order valence-electron chi connectivity index (χ1n) is 13.0. The number of carboxylic acids is 1. The molecule has 4 rings (SSSR count). The van der Waals surface area contributed by atoms with Gasteiger partial charge in [-0.25, -0.2) is 0 Å². The molecule has 0 aromatic heterocycles. The molecular formula is C27H37CuN3O4S3. The van der Waals surface area contributed by atoms with Gasteiger partial charge in [0.2, 0.25) is 0 Å². The first-order valence-corrected chi connectivity index (χ1v) is 16.0. The third kappa shape index (κ3) is 6.29. The summed E-state index contributed by atoms with van der Waals surface area (Å²) in [5.41, 5.74) is -0.0922. The topological polar surface area (TPSA) is 111 Å². The first kappa shape index (κ1) is 31.8. The van der Waals surface area contributed by atoms with E-state index in [0.29, 0.717) is 10.8 Å². The number of aliphatic hydroxyl groups is 1. The van der Waals surface area contributed by atoms with Gasteiger partial charge >= 0.3 is 17.1 Å². The maximum Gasteiger partial charge on any atom is 2.00 e. The smallest absolute Gasteiger partial charge is 0.872 e. The zero-order chi connectivity index (χ0) is 27.0. The number of benzene rings is 1. The molecule has 1 aromatic carbocycles. The van der Waals surface area contributed by atoms with Crippen LogP contribution >= 0.6 is 35.3 Å². The van der Waals surface area contributed by atoms with Gasteiger partial charge in [-0.15, -0.1) is 35.3 Å².